The highest BCUT2D eigenvalue weighted by Crippen LogP contribution is 2.40. The molecule has 0 bridgehead atoms. The smallest absolute Gasteiger partial charge is 0.272 e. The maximum atomic E-state index is 11.3. The molecule has 124 valence electrons. The van der Waals surface area contributed by atoms with Gasteiger partial charge in [-0.15, -0.1) is 11.3 Å². The van der Waals surface area contributed by atoms with Gasteiger partial charge in [0, 0.05) is 34.3 Å². The molecule has 7 heteroatoms. The molecule has 1 aromatic carbocycles. The summed E-state index contributed by atoms with van der Waals surface area (Å²) in [6.45, 7) is 1.75. The van der Waals surface area contributed by atoms with Crippen molar-refractivity contribution in [3.8, 4) is 11.1 Å². The van der Waals surface area contributed by atoms with Crippen LogP contribution in [0.15, 0.2) is 63.3 Å². The molecule has 0 unspecified atom stereocenters. The molecular weight excluding hydrogens is 354 g/mol. The summed E-state index contributed by atoms with van der Waals surface area (Å²) in [7, 11) is 0. The van der Waals surface area contributed by atoms with Gasteiger partial charge in [0.25, 0.3) is 5.69 Å². The van der Waals surface area contributed by atoms with E-state index in [9.17, 15) is 10.1 Å². The van der Waals surface area contributed by atoms with Crippen LogP contribution in [0.5, 0.6) is 0 Å². The molecule has 0 saturated heterocycles. The number of nitrogens with one attached hydrogen (secondary N) is 1. The molecule has 1 N–H and O–H groups in total. The highest BCUT2D eigenvalue weighted by atomic mass is 32.2. The molecule has 25 heavy (non-hydrogen) atoms. The van der Waals surface area contributed by atoms with Crippen LogP contribution in [0.25, 0.3) is 22.2 Å². The summed E-state index contributed by atoms with van der Waals surface area (Å²) in [6.07, 6.45) is 3.66. The third kappa shape index (κ3) is 2.92. The van der Waals surface area contributed by atoms with E-state index < -0.39 is 0 Å². The van der Waals surface area contributed by atoms with E-state index in [0.29, 0.717) is 5.56 Å². The van der Waals surface area contributed by atoms with Gasteiger partial charge in [0.05, 0.1) is 9.13 Å². The lowest BCUT2D eigenvalue weighted by Crippen LogP contribution is -1.92. The molecule has 3 aromatic heterocycles. The molecule has 5 nitrogen and oxygen atoms in total. The van der Waals surface area contributed by atoms with Crippen LogP contribution < -0.4 is 0 Å². The first-order valence-electron chi connectivity index (χ1n) is 7.56. The maximum Gasteiger partial charge on any atom is 0.272 e. The van der Waals surface area contributed by atoms with Crippen molar-refractivity contribution in [3.05, 3.63) is 69.8 Å². The fraction of sp³-hybridized carbons (Fsp3) is 0.0556. The van der Waals surface area contributed by atoms with Crippen LogP contribution in [0.3, 0.4) is 0 Å². The molecule has 0 amide bonds. The number of benzene rings is 1. The van der Waals surface area contributed by atoms with Crippen molar-refractivity contribution in [2.45, 2.75) is 16.0 Å². The van der Waals surface area contributed by atoms with Crippen LogP contribution in [0.4, 0.5) is 5.69 Å². The van der Waals surface area contributed by atoms with Gasteiger partial charge < -0.3 is 4.98 Å². The molecular formula is C18H13N3O2S2. The fourth-order valence-electron chi connectivity index (χ4n) is 2.75. The van der Waals surface area contributed by atoms with E-state index in [-0.39, 0.29) is 10.6 Å². The van der Waals surface area contributed by atoms with Gasteiger partial charge in [-0.25, -0.2) is 4.98 Å². The molecule has 0 atom stereocenters. The van der Waals surface area contributed by atoms with Gasteiger partial charge in [0.2, 0.25) is 0 Å². The Hall–Kier alpha value is -2.64. The lowest BCUT2D eigenvalue weighted by molar-refractivity contribution is -0.385. The zero-order chi connectivity index (χ0) is 17.4. The largest absolute Gasteiger partial charge is 0.345 e. The Kier molecular flexibility index (Phi) is 4.03. The summed E-state index contributed by atoms with van der Waals surface area (Å²) in [5, 5.41) is 14.3. The first-order chi connectivity index (χ1) is 12.1. The monoisotopic (exact) mass is 367 g/mol. The molecule has 0 aliphatic heterocycles. The van der Waals surface area contributed by atoms with E-state index in [1.165, 1.54) is 4.21 Å². The summed E-state index contributed by atoms with van der Waals surface area (Å²) < 4.78 is 1.19. The molecule has 4 rings (SSSR count). The topological polar surface area (TPSA) is 71.8 Å². The summed E-state index contributed by atoms with van der Waals surface area (Å²) in [5.74, 6) is 0. The highest BCUT2D eigenvalue weighted by Gasteiger charge is 2.16. The van der Waals surface area contributed by atoms with Crippen molar-refractivity contribution in [1.82, 2.24) is 9.97 Å². The summed E-state index contributed by atoms with van der Waals surface area (Å²) in [5.41, 5.74) is 3.32. The minimum atomic E-state index is -0.338. The van der Waals surface area contributed by atoms with Crippen LogP contribution in [0, 0.1) is 17.0 Å². The van der Waals surface area contributed by atoms with Gasteiger partial charge in [0.1, 0.15) is 5.65 Å². The van der Waals surface area contributed by atoms with Gasteiger partial charge in [-0.1, -0.05) is 30.0 Å². The van der Waals surface area contributed by atoms with Crippen molar-refractivity contribution in [1.29, 1.82) is 0 Å². The Morgan fingerprint density at radius 3 is 2.92 bits per heavy atom. The Morgan fingerprint density at radius 2 is 2.16 bits per heavy atom. The Balaban J connectivity index is 1.89. The number of nitro benzene ring substituents is 1. The maximum absolute atomic E-state index is 11.3. The summed E-state index contributed by atoms with van der Waals surface area (Å²) >= 11 is 3.35. The number of hydrogen-bond donors (Lipinski definition) is 1. The number of rotatable bonds is 4. The van der Waals surface area contributed by atoms with E-state index >= 15 is 0 Å². The number of aromatic nitrogens is 2. The quantitative estimate of drug-likeness (QED) is 0.373. The number of aromatic amines is 1. The first kappa shape index (κ1) is 15.9. The van der Waals surface area contributed by atoms with E-state index in [2.05, 4.69) is 16.0 Å². The van der Waals surface area contributed by atoms with Gasteiger partial charge in [-0.2, -0.15) is 0 Å². The zero-order valence-electron chi connectivity index (χ0n) is 13.2. The van der Waals surface area contributed by atoms with Crippen molar-refractivity contribution >= 4 is 39.8 Å². The van der Waals surface area contributed by atoms with Crippen LogP contribution in [-0.2, 0) is 0 Å². The van der Waals surface area contributed by atoms with Gasteiger partial charge in [0.15, 0.2) is 0 Å². The standard InChI is InChI=1S/C18H13N3O2S2/c1-11-4-5-12(9-14(11)21(22)23)13-6-7-19-18-17(13)15(10-20-18)25-16-3-2-8-24-16/h2-10H,1H3,(H,19,20). The number of H-pyrrole nitrogens is 1. The van der Waals surface area contributed by atoms with Gasteiger partial charge in [-0.3, -0.25) is 10.1 Å². The second-order valence-corrected chi connectivity index (χ2v) is 7.82. The number of nitrogens with zero attached hydrogens (tertiary/aromatic N) is 2. The molecule has 0 aliphatic rings. The first-order valence-corrected chi connectivity index (χ1v) is 9.26. The zero-order valence-corrected chi connectivity index (χ0v) is 14.9. The summed E-state index contributed by atoms with van der Waals surface area (Å²) in [4.78, 5) is 19.6. The number of nitro groups is 1. The molecule has 0 saturated carbocycles. The molecule has 4 aromatic rings. The van der Waals surface area contributed by atoms with E-state index in [1.54, 1.807) is 48.4 Å². The minimum Gasteiger partial charge on any atom is -0.345 e. The average Bonchev–Trinajstić information content (AvgIpc) is 3.25. The lowest BCUT2D eigenvalue weighted by atomic mass is 10.0. The van der Waals surface area contributed by atoms with E-state index in [1.807, 2.05) is 29.8 Å². The third-order valence-corrected chi connectivity index (χ3v) is 6.04. The second kappa shape index (κ2) is 6.34. The lowest BCUT2D eigenvalue weighted by Gasteiger charge is -2.07. The SMILES string of the molecule is Cc1ccc(-c2ccnc3[nH]cc(Sc4cccs4)c23)cc1[N+](=O)[O-]. The number of hydrogen-bond acceptors (Lipinski definition) is 5. The second-order valence-electron chi connectivity index (χ2n) is 5.53. The van der Waals surface area contributed by atoms with Gasteiger partial charge in [-0.05, 0) is 35.6 Å². The fourth-order valence-corrected chi connectivity index (χ4v) is 4.62. The van der Waals surface area contributed by atoms with Crippen molar-refractivity contribution < 1.29 is 4.92 Å². The van der Waals surface area contributed by atoms with Crippen LogP contribution in [-0.4, -0.2) is 14.9 Å². The van der Waals surface area contributed by atoms with Crippen LogP contribution >= 0.6 is 23.1 Å². The molecule has 0 fully saturated rings. The number of aryl methyl sites for hydroxylation is 1. The van der Waals surface area contributed by atoms with Crippen molar-refractivity contribution in [2.75, 3.05) is 0 Å². The number of pyridine rings is 1. The molecule has 0 radical (unpaired) electrons. The van der Waals surface area contributed by atoms with Gasteiger partial charge >= 0.3 is 0 Å². The minimum absolute atomic E-state index is 0.130. The molecule has 0 aliphatic carbocycles. The van der Waals surface area contributed by atoms with Crippen LogP contribution in [0.2, 0.25) is 0 Å². The van der Waals surface area contributed by atoms with Crippen LogP contribution in [0.1, 0.15) is 5.56 Å². The predicted molar refractivity (Wildman–Crippen MR) is 101 cm³/mol. The third-order valence-electron chi connectivity index (χ3n) is 3.96. The van der Waals surface area contributed by atoms with Crippen molar-refractivity contribution in [3.63, 3.8) is 0 Å². The number of fused-ring (bicyclic) bond motifs is 1. The molecule has 3 heterocycles. The number of thiophene rings is 1. The van der Waals surface area contributed by atoms with Crippen molar-refractivity contribution in [2.24, 2.45) is 0 Å². The molecule has 0 spiro atoms. The summed E-state index contributed by atoms with van der Waals surface area (Å²) in [6, 6.07) is 11.3. The Morgan fingerprint density at radius 1 is 1.28 bits per heavy atom. The Labute approximate surface area is 151 Å². The highest BCUT2D eigenvalue weighted by molar-refractivity contribution is 8.01. The van der Waals surface area contributed by atoms with E-state index in [4.69, 9.17) is 0 Å². The van der Waals surface area contributed by atoms with E-state index in [0.717, 1.165) is 27.1 Å². The Bertz CT molecular complexity index is 1070. The normalized spacial score (nSPS) is 11.1. The average molecular weight is 367 g/mol. The predicted octanol–water partition coefficient (Wildman–Crippen LogP) is 5.66.